The zero-order chi connectivity index (χ0) is 19.6. The number of rotatable bonds is 7. The highest BCUT2D eigenvalue weighted by Gasteiger charge is 2.10. The van der Waals surface area contributed by atoms with Crippen LogP contribution in [0.15, 0.2) is 53.5 Å². The molecular formula is C22H30ClIN4O. The molecule has 158 valence electrons. The van der Waals surface area contributed by atoms with Crippen LogP contribution in [0.1, 0.15) is 18.1 Å². The summed E-state index contributed by atoms with van der Waals surface area (Å²) in [7, 11) is 0. The second-order valence-corrected chi connectivity index (χ2v) is 7.20. The highest BCUT2D eigenvalue weighted by atomic mass is 127. The van der Waals surface area contributed by atoms with E-state index in [0.717, 1.165) is 56.8 Å². The summed E-state index contributed by atoms with van der Waals surface area (Å²) in [5.74, 6) is 0.841. The Balaban J connectivity index is 0.00000300. The summed E-state index contributed by atoms with van der Waals surface area (Å²) in [6.45, 7) is 7.91. The third-order valence-corrected chi connectivity index (χ3v) is 4.95. The van der Waals surface area contributed by atoms with Gasteiger partial charge in [0.05, 0.1) is 19.8 Å². The molecule has 0 unspecified atom stereocenters. The molecule has 2 aromatic rings. The minimum Gasteiger partial charge on any atom is -0.378 e. The molecule has 3 rings (SSSR count). The summed E-state index contributed by atoms with van der Waals surface area (Å²) < 4.78 is 5.42. The fraction of sp³-hybridized carbons (Fsp3) is 0.409. The van der Waals surface area contributed by atoms with Crippen LogP contribution in [0, 0.1) is 0 Å². The van der Waals surface area contributed by atoms with Crippen molar-refractivity contribution < 1.29 is 4.74 Å². The summed E-state index contributed by atoms with van der Waals surface area (Å²) in [4.78, 5) is 7.07. The fourth-order valence-corrected chi connectivity index (χ4v) is 3.25. The van der Waals surface area contributed by atoms with E-state index in [2.05, 4.69) is 58.9 Å². The first-order valence-electron chi connectivity index (χ1n) is 9.93. The lowest BCUT2D eigenvalue weighted by Gasteiger charge is -2.28. The molecule has 0 amide bonds. The van der Waals surface area contributed by atoms with E-state index in [1.807, 2.05) is 12.1 Å². The molecule has 0 saturated carbocycles. The van der Waals surface area contributed by atoms with Gasteiger partial charge in [-0.15, -0.1) is 24.0 Å². The summed E-state index contributed by atoms with van der Waals surface area (Å²) in [6, 6.07) is 16.6. The first-order chi connectivity index (χ1) is 13.7. The van der Waals surface area contributed by atoms with Crippen molar-refractivity contribution in [1.82, 2.24) is 10.6 Å². The first-order valence-corrected chi connectivity index (χ1v) is 10.3. The van der Waals surface area contributed by atoms with Crippen molar-refractivity contribution in [3.8, 4) is 0 Å². The van der Waals surface area contributed by atoms with Crippen molar-refractivity contribution in [2.45, 2.75) is 19.9 Å². The van der Waals surface area contributed by atoms with Crippen molar-refractivity contribution in [1.29, 1.82) is 0 Å². The topological polar surface area (TPSA) is 48.9 Å². The minimum absolute atomic E-state index is 0. The van der Waals surface area contributed by atoms with Crippen LogP contribution in [0.25, 0.3) is 0 Å². The van der Waals surface area contributed by atoms with E-state index in [1.54, 1.807) is 0 Å². The van der Waals surface area contributed by atoms with Crippen LogP contribution >= 0.6 is 35.6 Å². The Hall–Kier alpha value is -1.51. The fourth-order valence-electron chi connectivity index (χ4n) is 3.12. The molecule has 1 aliphatic heterocycles. The second kappa shape index (κ2) is 12.9. The lowest BCUT2D eigenvalue weighted by molar-refractivity contribution is 0.122. The number of guanidine groups is 1. The van der Waals surface area contributed by atoms with E-state index in [0.29, 0.717) is 6.54 Å². The number of hydrogen-bond acceptors (Lipinski definition) is 3. The number of morpholine rings is 1. The highest BCUT2D eigenvalue weighted by Crippen LogP contribution is 2.17. The monoisotopic (exact) mass is 528 g/mol. The second-order valence-electron chi connectivity index (χ2n) is 6.76. The van der Waals surface area contributed by atoms with Crippen LogP contribution in [0.5, 0.6) is 0 Å². The van der Waals surface area contributed by atoms with Crippen molar-refractivity contribution in [2.24, 2.45) is 4.99 Å². The standard InChI is InChI=1S/C22H29ClN4O.HI/c1-2-24-22(25-12-11-18-3-7-20(23)8-4-18)26-17-19-5-9-21(10-6-19)27-13-15-28-16-14-27;/h3-10H,2,11-17H2,1H3,(H2,24,25,26);1H. The van der Waals surface area contributed by atoms with Gasteiger partial charge >= 0.3 is 0 Å². The lowest BCUT2D eigenvalue weighted by Crippen LogP contribution is -2.38. The van der Waals surface area contributed by atoms with Gasteiger partial charge < -0.3 is 20.3 Å². The average molecular weight is 529 g/mol. The van der Waals surface area contributed by atoms with Gasteiger partial charge in [-0.1, -0.05) is 35.9 Å². The van der Waals surface area contributed by atoms with E-state index in [1.165, 1.54) is 16.8 Å². The Morgan fingerprint density at radius 3 is 2.31 bits per heavy atom. The van der Waals surface area contributed by atoms with Gasteiger partial charge in [-0.05, 0) is 48.7 Å². The maximum atomic E-state index is 5.94. The molecule has 5 nitrogen and oxygen atoms in total. The maximum absolute atomic E-state index is 5.94. The minimum atomic E-state index is 0. The first kappa shape index (κ1) is 23.8. The third-order valence-electron chi connectivity index (χ3n) is 4.70. The van der Waals surface area contributed by atoms with Gasteiger partial charge in [0.25, 0.3) is 0 Å². The van der Waals surface area contributed by atoms with E-state index in [9.17, 15) is 0 Å². The van der Waals surface area contributed by atoms with Crippen molar-refractivity contribution in [3.05, 3.63) is 64.7 Å². The largest absolute Gasteiger partial charge is 0.378 e. The summed E-state index contributed by atoms with van der Waals surface area (Å²) in [5.41, 5.74) is 3.71. The Labute approximate surface area is 195 Å². The van der Waals surface area contributed by atoms with Crippen molar-refractivity contribution in [2.75, 3.05) is 44.3 Å². The number of nitrogens with zero attached hydrogens (tertiary/aromatic N) is 2. The summed E-state index contributed by atoms with van der Waals surface area (Å²) in [5, 5.41) is 7.48. The van der Waals surface area contributed by atoms with E-state index >= 15 is 0 Å². The molecule has 29 heavy (non-hydrogen) atoms. The van der Waals surface area contributed by atoms with Gasteiger partial charge in [0, 0.05) is 36.9 Å². The molecule has 0 aromatic heterocycles. The molecule has 0 spiro atoms. The van der Waals surface area contributed by atoms with Gasteiger partial charge in [0.15, 0.2) is 5.96 Å². The van der Waals surface area contributed by atoms with Crippen LogP contribution in [-0.4, -0.2) is 45.4 Å². The Bertz CT molecular complexity index is 746. The number of hydrogen-bond donors (Lipinski definition) is 2. The van der Waals surface area contributed by atoms with E-state index in [4.69, 9.17) is 21.3 Å². The molecule has 1 fully saturated rings. The third kappa shape index (κ3) is 8.03. The lowest BCUT2D eigenvalue weighted by atomic mass is 10.1. The molecule has 0 atom stereocenters. The molecule has 0 radical (unpaired) electrons. The molecule has 1 heterocycles. The predicted molar refractivity (Wildman–Crippen MR) is 133 cm³/mol. The van der Waals surface area contributed by atoms with E-state index < -0.39 is 0 Å². The van der Waals surface area contributed by atoms with Gasteiger partial charge in [0.2, 0.25) is 0 Å². The number of halogens is 2. The zero-order valence-electron chi connectivity index (χ0n) is 16.9. The molecule has 7 heteroatoms. The molecular weight excluding hydrogens is 499 g/mol. The quantitative estimate of drug-likeness (QED) is 0.323. The number of aliphatic imine (C=N–C) groups is 1. The van der Waals surface area contributed by atoms with Gasteiger partial charge in [-0.25, -0.2) is 4.99 Å². The molecule has 1 aliphatic rings. The molecule has 0 bridgehead atoms. The maximum Gasteiger partial charge on any atom is 0.191 e. The van der Waals surface area contributed by atoms with Crippen LogP contribution < -0.4 is 15.5 Å². The average Bonchev–Trinajstić information content (AvgIpc) is 2.74. The van der Waals surface area contributed by atoms with Crippen LogP contribution in [-0.2, 0) is 17.7 Å². The van der Waals surface area contributed by atoms with Crippen LogP contribution in [0.3, 0.4) is 0 Å². The summed E-state index contributed by atoms with van der Waals surface area (Å²) in [6.07, 6.45) is 0.926. The molecule has 2 N–H and O–H groups in total. The van der Waals surface area contributed by atoms with Gasteiger partial charge in [-0.2, -0.15) is 0 Å². The number of benzene rings is 2. The molecule has 1 saturated heterocycles. The highest BCUT2D eigenvalue weighted by molar-refractivity contribution is 14.0. The Kier molecular flexibility index (Phi) is 10.6. The number of nitrogens with one attached hydrogen (secondary N) is 2. The van der Waals surface area contributed by atoms with E-state index in [-0.39, 0.29) is 24.0 Å². The molecule has 2 aromatic carbocycles. The van der Waals surface area contributed by atoms with Crippen LogP contribution in [0.4, 0.5) is 5.69 Å². The zero-order valence-corrected chi connectivity index (χ0v) is 20.0. The number of ether oxygens (including phenoxy) is 1. The van der Waals surface area contributed by atoms with Gasteiger partial charge in [0.1, 0.15) is 0 Å². The smallest absolute Gasteiger partial charge is 0.191 e. The number of anilines is 1. The Morgan fingerprint density at radius 1 is 1.00 bits per heavy atom. The summed E-state index contributed by atoms with van der Waals surface area (Å²) >= 11 is 5.94. The van der Waals surface area contributed by atoms with Crippen molar-refractivity contribution >= 4 is 47.2 Å². The molecule has 0 aliphatic carbocycles. The normalized spacial score (nSPS) is 14.3. The Morgan fingerprint density at radius 2 is 1.66 bits per heavy atom. The van der Waals surface area contributed by atoms with Gasteiger partial charge in [-0.3, -0.25) is 0 Å². The predicted octanol–water partition coefficient (Wildman–Crippen LogP) is 4.09. The SMILES string of the molecule is CCNC(=NCc1ccc(N2CCOCC2)cc1)NCCc1ccc(Cl)cc1.I. The van der Waals surface area contributed by atoms with Crippen molar-refractivity contribution in [3.63, 3.8) is 0 Å². The van der Waals surface area contributed by atoms with Crippen LogP contribution in [0.2, 0.25) is 5.02 Å².